The highest BCUT2D eigenvalue weighted by Gasteiger charge is 2.45. The average molecular weight is 349 g/mol. The van der Waals surface area contributed by atoms with Gasteiger partial charge in [0.15, 0.2) is 5.60 Å². The summed E-state index contributed by atoms with van der Waals surface area (Å²) >= 11 is 0. The number of benzene rings is 3. The van der Waals surface area contributed by atoms with Gasteiger partial charge in [0.05, 0.1) is 10.5 Å². The molecule has 3 aromatic carbocycles. The largest absolute Gasteiger partial charge is 0.507 e. The summed E-state index contributed by atoms with van der Waals surface area (Å²) in [6, 6.07) is 23.2. The Morgan fingerprint density at radius 1 is 0.846 bits per heavy atom. The summed E-state index contributed by atoms with van der Waals surface area (Å²) in [6.07, 6.45) is -1.53. The lowest BCUT2D eigenvalue weighted by molar-refractivity contribution is -0.386. The topological polar surface area (TPSA) is 89.7 Å². The van der Waals surface area contributed by atoms with Gasteiger partial charge in [-0.05, 0) is 6.07 Å². The molecular weight excluding hydrogens is 334 g/mol. The van der Waals surface area contributed by atoms with Gasteiger partial charge in [0.1, 0.15) is 0 Å². The van der Waals surface area contributed by atoms with Gasteiger partial charge in [-0.2, -0.15) is 0 Å². The number of nitrogens with zero attached hydrogens (tertiary/aromatic N) is 1. The van der Waals surface area contributed by atoms with Gasteiger partial charge in [0, 0.05) is 17.2 Å². The van der Waals surface area contributed by atoms with E-state index in [1.54, 1.807) is 66.7 Å². The second-order valence-corrected chi connectivity index (χ2v) is 5.56. The van der Waals surface area contributed by atoms with Crippen LogP contribution in [0, 0.1) is 10.1 Å². The zero-order chi connectivity index (χ0) is 18.6. The first-order chi connectivity index (χ1) is 12.6. The third kappa shape index (κ3) is 3.00. The maximum atomic E-state index is 11.6. The van der Waals surface area contributed by atoms with E-state index in [0.29, 0.717) is 11.1 Å². The third-order valence-corrected chi connectivity index (χ3v) is 4.08. The second kappa shape index (κ2) is 7.06. The summed E-state index contributed by atoms with van der Waals surface area (Å²) in [7, 11) is 0. The van der Waals surface area contributed by atoms with E-state index >= 15 is 0 Å². The molecule has 0 aliphatic heterocycles. The Morgan fingerprint density at radius 3 is 1.77 bits per heavy atom. The smallest absolute Gasteiger partial charge is 0.450 e. The van der Waals surface area contributed by atoms with Crippen molar-refractivity contribution in [2.24, 2.45) is 0 Å². The fourth-order valence-electron chi connectivity index (χ4n) is 3.06. The maximum Gasteiger partial charge on any atom is 0.507 e. The Morgan fingerprint density at radius 2 is 1.31 bits per heavy atom. The van der Waals surface area contributed by atoms with Crippen molar-refractivity contribution in [3.8, 4) is 0 Å². The molecule has 0 unspecified atom stereocenters. The van der Waals surface area contributed by atoms with Gasteiger partial charge in [-0.3, -0.25) is 10.1 Å². The van der Waals surface area contributed by atoms with E-state index < -0.39 is 16.7 Å². The van der Waals surface area contributed by atoms with Crippen molar-refractivity contribution >= 4 is 11.8 Å². The first-order valence-corrected chi connectivity index (χ1v) is 7.82. The number of hydrogen-bond acceptors (Lipinski definition) is 4. The normalized spacial score (nSPS) is 10.9. The van der Waals surface area contributed by atoms with Crippen LogP contribution in [0.3, 0.4) is 0 Å². The number of para-hydroxylation sites is 1. The number of ether oxygens (including phenoxy) is 1. The van der Waals surface area contributed by atoms with Crippen molar-refractivity contribution in [1.29, 1.82) is 0 Å². The molecule has 130 valence electrons. The lowest BCUT2D eigenvalue weighted by Gasteiger charge is -2.33. The van der Waals surface area contributed by atoms with E-state index in [2.05, 4.69) is 0 Å². The van der Waals surface area contributed by atoms with Gasteiger partial charge in [-0.1, -0.05) is 72.8 Å². The van der Waals surface area contributed by atoms with E-state index in [1.807, 2.05) is 0 Å². The molecule has 0 saturated heterocycles. The number of nitro groups is 1. The van der Waals surface area contributed by atoms with Crippen molar-refractivity contribution in [2.45, 2.75) is 5.60 Å². The highest BCUT2D eigenvalue weighted by atomic mass is 16.7. The summed E-state index contributed by atoms with van der Waals surface area (Å²) in [5.74, 6) is 0. The van der Waals surface area contributed by atoms with Gasteiger partial charge in [0.2, 0.25) is 0 Å². The molecule has 26 heavy (non-hydrogen) atoms. The average Bonchev–Trinajstić information content (AvgIpc) is 2.67. The lowest BCUT2D eigenvalue weighted by atomic mass is 9.79. The van der Waals surface area contributed by atoms with Crippen LogP contribution in [0.4, 0.5) is 10.5 Å². The van der Waals surface area contributed by atoms with Crippen LogP contribution >= 0.6 is 0 Å². The summed E-state index contributed by atoms with van der Waals surface area (Å²) in [5.41, 5.74) is -0.796. The molecule has 0 fully saturated rings. The van der Waals surface area contributed by atoms with E-state index in [4.69, 9.17) is 4.74 Å². The molecule has 0 aliphatic rings. The molecule has 0 atom stereocenters. The zero-order valence-electron chi connectivity index (χ0n) is 13.6. The predicted molar refractivity (Wildman–Crippen MR) is 95.0 cm³/mol. The minimum absolute atomic E-state index is 0.143. The summed E-state index contributed by atoms with van der Waals surface area (Å²) in [5, 5.41) is 21.1. The van der Waals surface area contributed by atoms with Gasteiger partial charge in [-0.15, -0.1) is 0 Å². The van der Waals surface area contributed by atoms with Crippen LogP contribution in [0.1, 0.15) is 16.7 Å². The minimum Gasteiger partial charge on any atom is -0.450 e. The predicted octanol–water partition coefficient (Wildman–Crippen LogP) is 4.58. The first-order valence-electron chi connectivity index (χ1n) is 7.82. The van der Waals surface area contributed by atoms with Gasteiger partial charge in [0.25, 0.3) is 5.69 Å². The molecule has 1 N–H and O–H groups in total. The molecule has 6 nitrogen and oxygen atoms in total. The Kier molecular flexibility index (Phi) is 4.66. The van der Waals surface area contributed by atoms with Crippen molar-refractivity contribution in [2.75, 3.05) is 0 Å². The molecule has 0 amide bonds. The van der Waals surface area contributed by atoms with Crippen LogP contribution in [0.5, 0.6) is 0 Å². The number of hydrogen-bond donors (Lipinski definition) is 1. The number of rotatable bonds is 5. The standard InChI is InChI=1S/C20H15NO5/c22-19(23)26-20(15-9-3-1-4-10-15,16-11-5-2-6-12-16)17-13-7-8-14-18(17)21(24)25/h1-14H,(H,22,23). The number of nitro benzene ring substituents is 1. The van der Waals surface area contributed by atoms with E-state index in [9.17, 15) is 20.0 Å². The second-order valence-electron chi connectivity index (χ2n) is 5.56. The molecular formula is C20H15NO5. The molecule has 0 heterocycles. The van der Waals surface area contributed by atoms with E-state index in [0.717, 1.165) is 0 Å². The molecule has 0 bridgehead atoms. The zero-order valence-corrected chi connectivity index (χ0v) is 13.6. The monoisotopic (exact) mass is 349 g/mol. The van der Waals surface area contributed by atoms with E-state index in [-0.39, 0.29) is 11.3 Å². The fraction of sp³-hybridized carbons (Fsp3) is 0.0500. The van der Waals surface area contributed by atoms with Crippen molar-refractivity contribution in [3.05, 3.63) is 112 Å². The Hall–Kier alpha value is -3.67. The number of carboxylic acid groups (broad SMARTS) is 1. The molecule has 0 saturated carbocycles. The SMILES string of the molecule is O=C(O)OC(c1ccccc1)(c1ccccc1)c1ccccc1[N+](=O)[O-]. The lowest BCUT2D eigenvalue weighted by Crippen LogP contribution is -2.35. The van der Waals surface area contributed by atoms with Crippen LogP contribution < -0.4 is 0 Å². The van der Waals surface area contributed by atoms with Crippen molar-refractivity contribution < 1.29 is 19.6 Å². The molecule has 3 rings (SSSR count). The van der Waals surface area contributed by atoms with Crippen molar-refractivity contribution in [1.82, 2.24) is 0 Å². The summed E-state index contributed by atoms with van der Waals surface area (Å²) in [6.45, 7) is 0. The van der Waals surface area contributed by atoms with Gasteiger partial charge in [-0.25, -0.2) is 4.79 Å². The third-order valence-electron chi connectivity index (χ3n) is 4.08. The maximum absolute atomic E-state index is 11.6. The quantitative estimate of drug-likeness (QED) is 0.315. The molecule has 3 aromatic rings. The molecule has 6 heteroatoms. The highest BCUT2D eigenvalue weighted by Crippen LogP contribution is 2.44. The van der Waals surface area contributed by atoms with Crippen LogP contribution in [-0.2, 0) is 10.3 Å². The molecule has 0 radical (unpaired) electrons. The van der Waals surface area contributed by atoms with Crippen molar-refractivity contribution in [3.63, 3.8) is 0 Å². The molecule has 0 aliphatic carbocycles. The highest BCUT2D eigenvalue weighted by molar-refractivity contribution is 5.64. The first kappa shape index (κ1) is 17.2. The van der Waals surface area contributed by atoms with Gasteiger partial charge >= 0.3 is 6.16 Å². The van der Waals surface area contributed by atoms with Gasteiger partial charge < -0.3 is 9.84 Å². The Balaban J connectivity index is 2.42. The minimum atomic E-state index is -1.67. The van der Waals surface area contributed by atoms with Crippen LogP contribution in [0.2, 0.25) is 0 Å². The fourth-order valence-corrected chi connectivity index (χ4v) is 3.06. The van der Waals surface area contributed by atoms with E-state index in [1.165, 1.54) is 18.2 Å². The summed E-state index contributed by atoms with van der Waals surface area (Å²) in [4.78, 5) is 22.7. The molecule has 0 aromatic heterocycles. The Bertz CT molecular complexity index is 886. The van der Waals surface area contributed by atoms with Crippen LogP contribution in [0.25, 0.3) is 0 Å². The van der Waals surface area contributed by atoms with Crippen LogP contribution in [-0.4, -0.2) is 16.2 Å². The molecule has 0 spiro atoms. The Labute approximate surface area is 149 Å². The van der Waals surface area contributed by atoms with Crippen LogP contribution in [0.15, 0.2) is 84.9 Å². The number of carbonyl (C=O) groups is 1. The summed E-state index contributed by atoms with van der Waals surface area (Å²) < 4.78 is 5.40.